The predicted molar refractivity (Wildman–Crippen MR) is 141 cm³/mol. The van der Waals surface area contributed by atoms with Gasteiger partial charge in [0.15, 0.2) is 6.10 Å². The van der Waals surface area contributed by atoms with Gasteiger partial charge in [-0.1, -0.05) is 109 Å². The number of alkyl halides is 2. The van der Waals surface area contributed by atoms with Gasteiger partial charge in [-0.15, -0.1) is 0 Å². The van der Waals surface area contributed by atoms with Crippen molar-refractivity contribution in [2.24, 2.45) is 0 Å². The highest BCUT2D eigenvalue weighted by Gasteiger charge is 2.61. The van der Waals surface area contributed by atoms with E-state index in [-0.39, 0.29) is 18.8 Å². The minimum Gasteiger partial charge on any atom is -0.449 e. The monoisotopic (exact) mass is 530 g/mol. The van der Waals surface area contributed by atoms with Crippen LogP contribution in [0.5, 0.6) is 0 Å². The smallest absolute Gasteiger partial charge is 0.338 e. The molecular weight excluding hydrogens is 502 g/mol. The quantitative estimate of drug-likeness (QED) is 0.225. The topological polar surface area (TPSA) is 65.0 Å². The van der Waals surface area contributed by atoms with Crippen LogP contribution in [0.2, 0.25) is 0 Å². The van der Waals surface area contributed by atoms with Crippen molar-refractivity contribution in [3.8, 4) is 0 Å². The molecule has 0 amide bonds. The summed E-state index contributed by atoms with van der Waals surface area (Å²) in [4.78, 5) is 12.6. The highest BCUT2D eigenvalue weighted by molar-refractivity contribution is 5.89. The molecule has 1 N–H and O–H groups in total. The number of carbonyl (C=O) groups excluding carboxylic acids is 1. The number of hydrogen-bond acceptors (Lipinski definition) is 5. The molecule has 1 fully saturated rings. The van der Waals surface area contributed by atoms with E-state index in [4.69, 9.17) is 14.2 Å². The molecule has 5 nitrogen and oxygen atoms in total. The van der Waals surface area contributed by atoms with Crippen LogP contribution in [0.4, 0.5) is 8.78 Å². The Morgan fingerprint density at radius 3 is 1.67 bits per heavy atom. The van der Waals surface area contributed by atoms with Crippen molar-refractivity contribution < 1.29 is 32.9 Å². The SMILES string of the molecule is O=C(O[C@@H]1[C@@H](COCC(c2ccccc2)(c2ccccc2)c2ccccc2)OC(O)C1(F)F)c1ccccc1. The average Bonchev–Trinajstić information content (AvgIpc) is 3.20. The molecule has 1 saturated heterocycles. The normalized spacial score (nSPS) is 20.4. The first-order valence-corrected chi connectivity index (χ1v) is 12.6. The van der Waals surface area contributed by atoms with Gasteiger partial charge < -0.3 is 19.3 Å². The van der Waals surface area contributed by atoms with Crippen molar-refractivity contribution in [1.82, 2.24) is 0 Å². The van der Waals surface area contributed by atoms with Crippen molar-refractivity contribution in [3.05, 3.63) is 144 Å². The fraction of sp³-hybridized carbons (Fsp3) is 0.219. The minimum absolute atomic E-state index is 0.0753. The summed E-state index contributed by atoms with van der Waals surface area (Å²) in [5, 5.41) is 9.96. The van der Waals surface area contributed by atoms with Crippen molar-refractivity contribution >= 4 is 5.97 Å². The Morgan fingerprint density at radius 1 is 0.769 bits per heavy atom. The van der Waals surface area contributed by atoms with E-state index in [9.17, 15) is 18.7 Å². The first-order chi connectivity index (χ1) is 18.9. The van der Waals surface area contributed by atoms with Crippen LogP contribution >= 0.6 is 0 Å². The van der Waals surface area contributed by atoms with Crippen LogP contribution < -0.4 is 0 Å². The largest absolute Gasteiger partial charge is 0.449 e. The summed E-state index contributed by atoms with van der Waals surface area (Å²) in [6, 6.07) is 37.2. The molecule has 5 rings (SSSR count). The number of hydrogen-bond donors (Lipinski definition) is 1. The van der Waals surface area contributed by atoms with Gasteiger partial charge in [0, 0.05) is 0 Å². The lowest BCUT2D eigenvalue weighted by Crippen LogP contribution is -2.44. The Kier molecular flexibility index (Phi) is 7.84. The van der Waals surface area contributed by atoms with Gasteiger partial charge in [0.05, 0.1) is 24.2 Å². The molecule has 200 valence electrons. The zero-order valence-corrected chi connectivity index (χ0v) is 21.0. The Hall–Kier alpha value is -3.91. The molecule has 0 saturated carbocycles. The number of ether oxygens (including phenoxy) is 3. The molecule has 1 aliphatic rings. The van der Waals surface area contributed by atoms with Crippen LogP contribution in [-0.4, -0.2) is 48.7 Å². The highest BCUT2D eigenvalue weighted by atomic mass is 19.3. The molecule has 1 aliphatic heterocycles. The molecular formula is C32H28F2O5. The molecule has 0 aromatic heterocycles. The zero-order chi connectivity index (χ0) is 27.3. The number of benzene rings is 4. The van der Waals surface area contributed by atoms with E-state index in [0.717, 1.165) is 16.7 Å². The van der Waals surface area contributed by atoms with Crippen molar-refractivity contribution in [2.45, 2.75) is 29.8 Å². The molecule has 1 heterocycles. The number of rotatable bonds is 9. The maximum Gasteiger partial charge on any atom is 0.338 e. The lowest BCUT2D eigenvalue weighted by Gasteiger charge is -2.36. The molecule has 4 aromatic carbocycles. The molecule has 0 radical (unpaired) electrons. The van der Waals surface area contributed by atoms with Crippen LogP contribution in [0, 0.1) is 0 Å². The number of carbonyl (C=O) groups is 1. The summed E-state index contributed by atoms with van der Waals surface area (Å²) >= 11 is 0. The van der Waals surface area contributed by atoms with Crippen molar-refractivity contribution in [2.75, 3.05) is 13.2 Å². The van der Waals surface area contributed by atoms with Gasteiger partial charge in [-0.25, -0.2) is 4.79 Å². The fourth-order valence-corrected chi connectivity index (χ4v) is 5.00. The van der Waals surface area contributed by atoms with E-state index in [1.165, 1.54) is 12.1 Å². The molecule has 1 unspecified atom stereocenters. The lowest BCUT2D eigenvalue weighted by atomic mass is 9.70. The van der Waals surface area contributed by atoms with Crippen LogP contribution in [0.1, 0.15) is 27.0 Å². The maximum atomic E-state index is 14.9. The Balaban J connectivity index is 1.43. The molecule has 39 heavy (non-hydrogen) atoms. The first-order valence-electron chi connectivity index (χ1n) is 12.6. The Bertz CT molecular complexity index is 1250. The number of esters is 1. The van der Waals surface area contributed by atoms with Crippen LogP contribution in [0.15, 0.2) is 121 Å². The van der Waals surface area contributed by atoms with Crippen LogP contribution in [0.3, 0.4) is 0 Å². The Morgan fingerprint density at radius 2 is 1.21 bits per heavy atom. The summed E-state index contributed by atoms with van der Waals surface area (Å²) in [7, 11) is 0. The van der Waals surface area contributed by atoms with E-state index in [1.54, 1.807) is 18.2 Å². The zero-order valence-electron chi connectivity index (χ0n) is 21.0. The third-order valence-electron chi connectivity index (χ3n) is 6.99. The molecule has 0 aliphatic carbocycles. The molecule has 7 heteroatoms. The van der Waals surface area contributed by atoms with Gasteiger partial charge in [0.1, 0.15) is 6.10 Å². The number of aliphatic hydroxyl groups excluding tert-OH is 1. The van der Waals surface area contributed by atoms with Crippen LogP contribution in [0.25, 0.3) is 0 Å². The number of halogens is 2. The van der Waals surface area contributed by atoms with Crippen molar-refractivity contribution in [3.63, 3.8) is 0 Å². The van der Waals surface area contributed by atoms with E-state index in [2.05, 4.69) is 0 Å². The predicted octanol–water partition coefficient (Wildman–Crippen LogP) is 5.62. The van der Waals surface area contributed by atoms with Gasteiger partial charge in [0.2, 0.25) is 6.29 Å². The summed E-state index contributed by atoms with van der Waals surface area (Å²) in [5.41, 5.74) is 2.19. The van der Waals surface area contributed by atoms with Gasteiger partial charge in [-0.05, 0) is 28.8 Å². The molecule has 4 aromatic rings. The average molecular weight is 531 g/mol. The second-order valence-corrected chi connectivity index (χ2v) is 9.41. The second-order valence-electron chi connectivity index (χ2n) is 9.41. The summed E-state index contributed by atoms with van der Waals surface area (Å²) in [6.07, 6.45) is -5.84. The van der Waals surface area contributed by atoms with Gasteiger partial charge in [-0.3, -0.25) is 0 Å². The fourth-order valence-electron chi connectivity index (χ4n) is 5.00. The summed E-state index contributed by atoms with van der Waals surface area (Å²) in [5.74, 6) is -4.75. The van der Waals surface area contributed by atoms with E-state index < -0.39 is 35.8 Å². The van der Waals surface area contributed by atoms with Gasteiger partial charge in [0.25, 0.3) is 0 Å². The highest BCUT2D eigenvalue weighted by Crippen LogP contribution is 2.41. The molecule has 0 spiro atoms. The molecule has 3 atom stereocenters. The standard InChI is InChI=1S/C32H28F2O5/c33-32(34)28(39-29(35)23-13-5-1-6-14-23)27(38-30(32)36)21-37-22-31(24-15-7-2-8-16-24,25-17-9-3-10-18-25)26-19-11-4-12-20-26/h1-20,27-28,30,36H,21-22H2/t27-,28-,30?/m1/s1. The van der Waals surface area contributed by atoms with Crippen molar-refractivity contribution in [1.29, 1.82) is 0 Å². The van der Waals surface area contributed by atoms with Crippen LogP contribution in [-0.2, 0) is 19.6 Å². The van der Waals surface area contributed by atoms with Gasteiger partial charge >= 0.3 is 11.9 Å². The van der Waals surface area contributed by atoms with E-state index in [1.807, 2.05) is 91.0 Å². The van der Waals surface area contributed by atoms with E-state index >= 15 is 0 Å². The minimum atomic E-state index is -3.81. The lowest BCUT2D eigenvalue weighted by molar-refractivity contribution is -0.199. The third kappa shape index (κ3) is 5.34. The third-order valence-corrected chi connectivity index (χ3v) is 6.99. The first kappa shape index (κ1) is 26.7. The number of aliphatic hydroxyl groups is 1. The van der Waals surface area contributed by atoms with Gasteiger partial charge in [-0.2, -0.15) is 8.78 Å². The Labute approximate surface area is 225 Å². The maximum absolute atomic E-state index is 14.9. The molecule has 0 bridgehead atoms. The summed E-state index contributed by atoms with van der Waals surface area (Å²) in [6.45, 7) is -0.264. The summed E-state index contributed by atoms with van der Waals surface area (Å²) < 4.78 is 46.2. The second kappa shape index (κ2) is 11.5. The van der Waals surface area contributed by atoms with E-state index in [0.29, 0.717) is 0 Å².